The topological polar surface area (TPSA) is 33.7 Å². The van der Waals surface area contributed by atoms with Gasteiger partial charge in [-0.15, -0.1) is 11.8 Å². The largest absolute Gasteiger partial charge is 0.491 e. The Kier molecular flexibility index (Phi) is 8.54. The molecule has 0 saturated carbocycles. The molecule has 1 atom stereocenters. The lowest BCUT2D eigenvalue weighted by molar-refractivity contribution is 0.0719. The van der Waals surface area contributed by atoms with Crippen molar-refractivity contribution in [3.8, 4) is 5.75 Å². The van der Waals surface area contributed by atoms with Crippen LogP contribution in [0.1, 0.15) is 48.8 Å². The van der Waals surface area contributed by atoms with Gasteiger partial charge in [-0.1, -0.05) is 38.1 Å². The van der Waals surface area contributed by atoms with Crippen LogP contribution >= 0.6 is 11.8 Å². The second kappa shape index (κ2) is 11.8. The van der Waals surface area contributed by atoms with E-state index in [4.69, 9.17) is 9.47 Å². The molecule has 1 aliphatic rings. The highest BCUT2D eigenvalue weighted by Crippen LogP contribution is 2.38. The molecule has 3 aromatic rings. The summed E-state index contributed by atoms with van der Waals surface area (Å²) in [5.41, 5.74) is 7.45. The minimum absolute atomic E-state index is 0.207. The summed E-state index contributed by atoms with van der Waals surface area (Å²) in [6.07, 6.45) is 4.95. The number of aryl methyl sites for hydroxylation is 2. The molecule has 4 nitrogen and oxygen atoms in total. The van der Waals surface area contributed by atoms with Gasteiger partial charge in [0.15, 0.2) is 0 Å². The third kappa shape index (κ3) is 5.77. The molecule has 0 fully saturated rings. The van der Waals surface area contributed by atoms with E-state index < -0.39 is 0 Å². The van der Waals surface area contributed by atoms with Crippen molar-refractivity contribution in [1.29, 1.82) is 0 Å². The van der Waals surface area contributed by atoms with E-state index in [0.717, 1.165) is 49.4 Å². The predicted molar refractivity (Wildman–Crippen MR) is 144 cm³/mol. The maximum Gasteiger partial charge on any atom is 0.143 e. The van der Waals surface area contributed by atoms with Gasteiger partial charge in [0, 0.05) is 30.8 Å². The van der Waals surface area contributed by atoms with E-state index in [1.54, 1.807) is 18.9 Å². The molecule has 180 valence electrons. The first kappa shape index (κ1) is 24.6. The second-order valence-electron chi connectivity index (χ2n) is 8.64. The van der Waals surface area contributed by atoms with Crippen molar-refractivity contribution in [3.63, 3.8) is 0 Å². The van der Waals surface area contributed by atoms with Gasteiger partial charge in [0.1, 0.15) is 12.0 Å². The van der Waals surface area contributed by atoms with Gasteiger partial charge in [-0.2, -0.15) is 0 Å². The monoisotopic (exact) mass is 476 g/mol. The lowest BCUT2D eigenvalue weighted by atomic mass is 10.0. The fraction of sp³-hybridized carbons (Fsp3) is 0.379. The highest BCUT2D eigenvalue weighted by Gasteiger charge is 2.21. The molecular formula is C29H36N2O2S. The molecule has 0 radical (unpaired) electrons. The summed E-state index contributed by atoms with van der Waals surface area (Å²) < 4.78 is 12.0. The molecule has 0 saturated heterocycles. The number of methoxy groups -OCH3 is 1. The zero-order valence-corrected chi connectivity index (χ0v) is 21.6. The standard InChI is InChI=1S/C29H36N2O2S/c1-5-21-16-22(6-2)18-25(17-21)31-14-7-15-33-28-19-24(10-13-27(28)31)29(32-3)30-20-23-8-11-26(34-4)12-9-23/h8-13,16-19,29-30H,5-7,14-15,20H2,1-4H3. The molecule has 0 spiro atoms. The Morgan fingerprint density at radius 3 is 2.35 bits per heavy atom. The Labute approximate surface area is 208 Å². The van der Waals surface area contributed by atoms with E-state index in [1.165, 1.54) is 27.3 Å². The van der Waals surface area contributed by atoms with Crippen LogP contribution < -0.4 is 15.0 Å². The van der Waals surface area contributed by atoms with Gasteiger partial charge in [-0.05, 0) is 84.2 Å². The third-order valence-electron chi connectivity index (χ3n) is 6.41. The smallest absolute Gasteiger partial charge is 0.143 e. The molecule has 0 aliphatic carbocycles. The summed E-state index contributed by atoms with van der Waals surface area (Å²) in [4.78, 5) is 3.68. The van der Waals surface area contributed by atoms with Crippen LogP contribution in [0.15, 0.2) is 65.6 Å². The van der Waals surface area contributed by atoms with Crippen LogP contribution in [0.3, 0.4) is 0 Å². The summed E-state index contributed by atoms with van der Waals surface area (Å²) in [6.45, 7) is 6.84. The number of thioether (sulfide) groups is 1. The zero-order chi connectivity index (χ0) is 23.9. The van der Waals surface area contributed by atoms with E-state index in [9.17, 15) is 0 Å². The van der Waals surface area contributed by atoms with E-state index in [-0.39, 0.29) is 6.23 Å². The maximum absolute atomic E-state index is 6.21. The van der Waals surface area contributed by atoms with Crippen molar-refractivity contribution in [2.24, 2.45) is 0 Å². The maximum atomic E-state index is 6.21. The quantitative estimate of drug-likeness (QED) is 0.269. The Hall–Kier alpha value is -2.47. The molecule has 34 heavy (non-hydrogen) atoms. The number of rotatable bonds is 9. The fourth-order valence-corrected chi connectivity index (χ4v) is 4.83. The van der Waals surface area contributed by atoms with Gasteiger partial charge >= 0.3 is 0 Å². The van der Waals surface area contributed by atoms with Crippen molar-refractivity contribution >= 4 is 23.1 Å². The molecule has 3 aromatic carbocycles. The summed E-state index contributed by atoms with van der Waals surface area (Å²) >= 11 is 1.76. The molecule has 1 N–H and O–H groups in total. The predicted octanol–water partition coefficient (Wildman–Crippen LogP) is 6.89. The van der Waals surface area contributed by atoms with E-state index in [1.807, 2.05) is 0 Å². The summed E-state index contributed by atoms with van der Waals surface area (Å²) in [7, 11) is 1.75. The van der Waals surface area contributed by atoms with Gasteiger partial charge < -0.3 is 14.4 Å². The van der Waals surface area contributed by atoms with Crippen LogP contribution in [0, 0.1) is 0 Å². The Morgan fingerprint density at radius 1 is 0.971 bits per heavy atom. The molecule has 1 aliphatic heterocycles. The zero-order valence-electron chi connectivity index (χ0n) is 20.8. The SMILES string of the molecule is CCc1cc(CC)cc(N2CCCOc3cc(C(NCc4ccc(SC)cc4)OC)ccc32)c1. The highest BCUT2D eigenvalue weighted by molar-refractivity contribution is 7.98. The first-order chi connectivity index (χ1) is 16.6. The fourth-order valence-electron chi connectivity index (χ4n) is 4.42. The number of nitrogens with zero attached hydrogens (tertiary/aromatic N) is 1. The number of nitrogens with one attached hydrogen (secondary N) is 1. The van der Waals surface area contributed by atoms with E-state index in [2.05, 4.69) is 91.0 Å². The van der Waals surface area contributed by atoms with Gasteiger partial charge in [-0.25, -0.2) is 0 Å². The Balaban J connectivity index is 1.57. The highest BCUT2D eigenvalue weighted by atomic mass is 32.2. The van der Waals surface area contributed by atoms with Crippen LogP contribution in [-0.4, -0.2) is 26.5 Å². The molecule has 5 heteroatoms. The summed E-state index contributed by atoms with van der Waals surface area (Å²) in [6, 6.07) is 22.1. The minimum atomic E-state index is -0.207. The molecule has 4 rings (SSSR count). The molecular weight excluding hydrogens is 440 g/mol. The Morgan fingerprint density at radius 2 is 1.71 bits per heavy atom. The van der Waals surface area contributed by atoms with E-state index in [0.29, 0.717) is 6.61 Å². The number of hydrogen-bond acceptors (Lipinski definition) is 5. The minimum Gasteiger partial charge on any atom is -0.491 e. The van der Waals surface area contributed by atoms with Gasteiger partial charge in [0.05, 0.1) is 12.3 Å². The molecule has 0 bridgehead atoms. The molecule has 1 unspecified atom stereocenters. The average Bonchev–Trinajstić information content (AvgIpc) is 3.11. The number of anilines is 2. The Bertz CT molecular complexity index is 1060. The molecule has 1 heterocycles. The summed E-state index contributed by atoms with van der Waals surface area (Å²) in [5, 5.41) is 3.54. The van der Waals surface area contributed by atoms with Crippen molar-refractivity contribution in [2.75, 3.05) is 31.4 Å². The van der Waals surface area contributed by atoms with Gasteiger partial charge in [-0.3, -0.25) is 5.32 Å². The second-order valence-corrected chi connectivity index (χ2v) is 9.52. The van der Waals surface area contributed by atoms with Gasteiger partial charge in [0.25, 0.3) is 0 Å². The first-order valence-corrected chi connectivity index (χ1v) is 13.4. The van der Waals surface area contributed by atoms with Crippen LogP contribution in [0.2, 0.25) is 0 Å². The van der Waals surface area contributed by atoms with Crippen molar-refractivity contribution in [3.05, 3.63) is 82.9 Å². The average molecular weight is 477 g/mol. The van der Waals surface area contributed by atoms with Crippen LogP contribution in [-0.2, 0) is 24.1 Å². The van der Waals surface area contributed by atoms with Crippen molar-refractivity contribution < 1.29 is 9.47 Å². The third-order valence-corrected chi connectivity index (χ3v) is 7.16. The summed E-state index contributed by atoms with van der Waals surface area (Å²) in [5.74, 6) is 0.920. The van der Waals surface area contributed by atoms with Gasteiger partial charge in [0.2, 0.25) is 0 Å². The number of ether oxygens (including phenoxy) is 2. The number of fused-ring (bicyclic) bond motifs is 1. The number of hydrogen-bond donors (Lipinski definition) is 1. The normalized spacial score (nSPS) is 14.3. The lowest BCUT2D eigenvalue weighted by Gasteiger charge is -2.26. The van der Waals surface area contributed by atoms with Crippen LogP contribution in [0.25, 0.3) is 0 Å². The van der Waals surface area contributed by atoms with Crippen molar-refractivity contribution in [2.45, 2.75) is 50.8 Å². The number of benzene rings is 3. The lowest BCUT2D eigenvalue weighted by Crippen LogP contribution is -2.23. The first-order valence-electron chi connectivity index (χ1n) is 12.2. The molecule has 0 aromatic heterocycles. The van der Waals surface area contributed by atoms with Crippen LogP contribution in [0.5, 0.6) is 5.75 Å². The molecule has 0 amide bonds. The van der Waals surface area contributed by atoms with Crippen molar-refractivity contribution in [1.82, 2.24) is 5.32 Å². The van der Waals surface area contributed by atoms with E-state index >= 15 is 0 Å². The van der Waals surface area contributed by atoms with Crippen LogP contribution in [0.4, 0.5) is 11.4 Å².